The van der Waals surface area contributed by atoms with Gasteiger partial charge < -0.3 is 14.0 Å². The third kappa shape index (κ3) is 4.63. The number of amides is 1. The molecule has 10 heteroatoms. The number of fused-ring (bicyclic) bond motifs is 1. The Morgan fingerprint density at radius 1 is 1.46 bits per heavy atom. The molecule has 0 fully saturated rings. The second-order valence-corrected chi connectivity index (χ2v) is 4.99. The maximum absolute atomic E-state index is 11.9. The predicted octanol–water partition coefficient (Wildman–Crippen LogP) is 2.03. The number of imidazole rings is 1. The average molecular weight is 356 g/mol. The Balaban J connectivity index is 1.95. The molecule has 0 aliphatic heterocycles. The molecule has 0 radical (unpaired) electrons. The number of rotatable bonds is 9. The Bertz CT molecular complexity index is 693. The van der Waals surface area contributed by atoms with E-state index in [-0.39, 0.29) is 13.4 Å². The molecule has 9 nitrogen and oxygen atoms in total. The first kappa shape index (κ1) is 18.1. The maximum atomic E-state index is 11.9. The Labute approximate surface area is 143 Å². The summed E-state index contributed by atoms with van der Waals surface area (Å²) in [7, 11) is 1.47. The van der Waals surface area contributed by atoms with Gasteiger partial charge in [-0.05, 0) is 6.42 Å². The van der Waals surface area contributed by atoms with Crippen LogP contribution in [0.15, 0.2) is 25.3 Å². The Kier molecular flexibility index (Phi) is 6.91. The van der Waals surface area contributed by atoms with Gasteiger partial charge in [-0.25, -0.2) is 24.6 Å². The molecule has 0 bridgehead atoms. The van der Waals surface area contributed by atoms with Crippen molar-refractivity contribution in [1.29, 1.82) is 0 Å². The van der Waals surface area contributed by atoms with Gasteiger partial charge in [-0.1, -0.05) is 24.3 Å². The molecule has 2 aromatic heterocycles. The quantitative estimate of drug-likeness (QED) is 0.294. The lowest BCUT2D eigenvalue weighted by molar-refractivity contribution is -0.196. The molecule has 2 aromatic rings. The van der Waals surface area contributed by atoms with Crippen molar-refractivity contribution in [2.75, 3.05) is 27.1 Å². The normalized spacial score (nSPS) is 10.8. The molecule has 0 spiro atoms. The van der Waals surface area contributed by atoms with Gasteiger partial charge in [0.1, 0.15) is 18.5 Å². The summed E-state index contributed by atoms with van der Waals surface area (Å²) in [6, 6.07) is 0. The molecule has 1 amide bonds. The van der Waals surface area contributed by atoms with Crippen LogP contribution >= 0.6 is 11.6 Å². The van der Waals surface area contributed by atoms with Crippen LogP contribution in [0.25, 0.3) is 11.2 Å². The van der Waals surface area contributed by atoms with Crippen molar-refractivity contribution in [3.63, 3.8) is 0 Å². The van der Waals surface area contributed by atoms with Gasteiger partial charge in [0, 0.05) is 13.7 Å². The number of halogens is 1. The lowest BCUT2D eigenvalue weighted by Gasteiger charge is -2.20. The highest BCUT2D eigenvalue weighted by atomic mass is 35.5. The van der Waals surface area contributed by atoms with Gasteiger partial charge in [0.2, 0.25) is 0 Å². The number of nitrogens with zero attached hydrogens (tertiary/aromatic N) is 5. The minimum absolute atomic E-state index is 0.0587. The van der Waals surface area contributed by atoms with Gasteiger partial charge in [0.25, 0.3) is 0 Å². The summed E-state index contributed by atoms with van der Waals surface area (Å²) in [5, 5.41) is 1.43. The molecule has 2 rings (SSSR count). The van der Waals surface area contributed by atoms with E-state index < -0.39 is 6.09 Å². The number of aryl methyl sites for hydroxylation is 1. The Hall–Kier alpha value is -2.23. The second kappa shape index (κ2) is 9.16. The van der Waals surface area contributed by atoms with E-state index >= 15 is 0 Å². The van der Waals surface area contributed by atoms with Gasteiger partial charge in [-0.2, -0.15) is 5.06 Å². The lowest BCUT2D eigenvalue weighted by Crippen LogP contribution is -2.34. The largest absolute Gasteiger partial charge is 0.444 e. The fourth-order valence-corrected chi connectivity index (χ4v) is 2.19. The van der Waals surface area contributed by atoms with Crippen LogP contribution in [-0.4, -0.2) is 57.7 Å². The highest BCUT2D eigenvalue weighted by molar-refractivity contribution is 6.33. The number of carbonyl (C=O) groups excluding carboxylic acids is 1. The van der Waals surface area contributed by atoms with Crippen LogP contribution in [-0.2, 0) is 20.9 Å². The van der Waals surface area contributed by atoms with Crippen LogP contribution in [0.1, 0.15) is 6.42 Å². The van der Waals surface area contributed by atoms with Crippen LogP contribution in [0.3, 0.4) is 0 Å². The number of aromatic nitrogens is 4. The first-order valence-electron chi connectivity index (χ1n) is 7.15. The van der Waals surface area contributed by atoms with Crippen molar-refractivity contribution in [2.24, 2.45) is 0 Å². The number of hydrogen-bond donors (Lipinski definition) is 0. The summed E-state index contributed by atoms with van der Waals surface area (Å²) < 4.78 is 11.6. The molecule has 0 saturated carbocycles. The van der Waals surface area contributed by atoms with E-state index in [2.05, 4.69) is 21.5 Å². The van der Waals surface area contributed by atoms with E-state index in [1.54, 1.807) is 6.33 Å². The van der Waals surface area contributed by atoms with Gasteiger partial charge in [-0.3, -0.25) is 0 Å². The molecular formula is C14H18ClN5O4. The first-order valence-corrected chi connectivity index (χ1v) is 7.53. The van der Waals surface area contributed by atoms with Crippen molar-refractivity contribution in [2.45, 2.75) is 13.0 Å². The highest BCUT2D eigenvalue weighted by Gasteiger charge is 2.16. The standard InChI is InChI=1S/C14H18ClN5O4/c1-3-7-23-14(21)20(24-10-22-2)6-4-5-19-9-18-13-11(19)12(15)16-8-17-13/h3,8-9H,1,4-7,10H2,2H3. The van der Waals surface area contributed by atoms with Crippen molar-refractivity contribution in [3.05, 3.63) is 30.5 Å². The summed E-state index contributed by atoms with van der Waals surface area (Å²) in [6.45, 7) is 4.38. The topological polar surface area (TPSA) is 91.6 Å². The summed E-state index contributed by atoms with van der Waals surface area (Å²) in [5.74, 6) is 0. The van der Waals surface area contributed by atoms with Crippen molar-refractivity contribution < 1.29 is 19.1 Å². The van der Waals surface area contributed by atoms with E-state index in [4.69, 9.17) is 25.9 Å². The van der Waals surface area contributed by atoms with Crippen LogP contribution in [0.5, 0.6) is 0 Å². The third-order valence-corrected chi connectivity index (χ3v) is 3.26. The van der Waals surface area contributed by atoms with Crippen LogP contribution in [0, 0.1) is 0 Å². The van der Waals surface area contributed by atoms with Gasteiger partial charge >= 0.3 is 6.09 Å². The number of methoxy groups -OCH3 is 1. The molecule has 0 atom stereocenters. The Morgan fingerprint density at radius 3 is 3.04 bits per heavy atom. The zero-order valence-electron chi connectivity index (χ0n) is 13.2. The molecule has 0 aliphatic carbocycles. The molecule has 24 heavy (non-hydrogen) atoms. The van der Waals surface area contributed by atoms with Crippen LogP contribution in [0.2, 0.25) is 5.15 Å². The second-order valence-electron chi connectivity index (χ2n) is 4.63. The Morgan fingerprint density at radius 2 is 2.29 bits per heavy atom. The lowest BCUT2D eigenvalue weighted by atomic mass is 10.4. The van der Waals surface area contributed by atoms with Crippen molar-refractivity contribution in [1.82, 2.24) is 24.6 Å². The fourth-order valence-electron chi connectivity index (χ4n) is 1.95. The van der Waals surface area contributed by atoms with Crippen LogP contribution in [0.4, 0.5) is 4.79 Å². The highest BCUT2D eigenvalue weighted by Crippen LogP contribution is 2.18. The van der Waals surface area contributed by atoms with E-state index in [1.165, 1.54) is 19.5 Å². The first-order chi connectivity index (χ1) is 11.7. The van der Waals surface area contributed by atoms with Crippen LogP contribution < -0.4 is 0 Å². The zero-order valence-corrected chi connectivity index (χ0v) is 14.0. The molecule has 0 aromatic carbocycles. The molecule has 130 valence electrons. The van der Waals surface area contributed by atoms with Gasteiger partial charge in [0.15, 0.2) is 17.6 Å². The summed E-state index contributed by atoms with van der Waals surface area (Å²) in [6.07, 6.45) is 4.43. The molecule has 0 aliphatic rings. The van der Waals surface area contributed by atoms with E-state index in [0.717, 1.165) is 5.06 Å². The minimum atomic E-state index is -0.608. The van der Waals surface area contributed by atoms with Gasteiger partial charge in [0.05, 0.1) is 12.9 Å². The van der Waals surface area contributed by atoms with E-state index in [0.29, 0.717) is 35.8 Å². The van der Waals surface area contributed by atoms with E-state index in [1.807, 2.05) is 4.57 Å². The third-order valence-electron chi connectivity index (χ3n) is 2.98. The summed E-state index contributed by atoms with van der Waals surface area (Å²) in [5.41, 5.74) is 1.17. The van der Waals surface area contributed by atoms with E-state index in [9.17, 15) is 4.79 Å². The SMILES string of the molecule is C=CCOC(=O)N(CCCn1cnc2ncnc(Cl)c21)OCOC. The number of hydrogen-bond acceptors (Lipinski definition) is 7. The smallest absolute Gasteiger partial charge is 0.434 e. The maximum Gasteiger partial charge on any atom is 0.434 e. The fraction of sp³-hybridized carbons (Fsp3) is 0.429. The molecule has 0 unspecified atom stereocenters. The zero-order chi connectivity index (χ0) is 17.4. The molecule has 2 heterocycles. The predicted molar refractivity (Wildman–Crippen MR) is 86.2 cm³/mol. The molecular weight excluding hydrogens is 338 g/mol. The summed E-state index contributed by atoms with van der Waals surface area (Å²) >= 11 is 6.07. The number of hydroxylamine groups is 2. The molecule has 0 N–H and O–H groups in total. The van der Waals surface area contributed by atoms with Crippen molar-refractivity contribution >= 4 is 28.9 Å². The van der Waals surface area contributed by atoms with Gasteiger partial charge in [-0.15, -0.1) is 0 Å². The minimum Gasteiger partial charge on any atom is -0.444 e. The summed E-state index contributed by atoms with van der Waals surface area (Å²) in [4.78, 5) is 29.2. The monoisotopic (exact) mass is 355 g/mol. The number of ether oxygens (including phenoxy) is 2. The average Bonchev–Trinajstić information content (AvgIpc) is 3.00. The number of carbonyl (C=O) groups is 1. The molecule has 0 saturated heterocycles. The van der Waals surface area contributed by atoms with Crippen molar-refractivity contribution in [3.8, 4) is 0 Å².